The number of nitrogens with zero attached hydrogens (tertiary/aromatic N) is 4. The van der Waals surface area contributed by atoms with Gasteiger partial charge in [-0.2, -0.15) is 0 Å². The molecule has 0 aliphatic rings. The van der Waals surface area contributed by atoms with E-state index in [1.54, 1.807) is 10.9 Å². The summed E-state index contributed by atoms with van der Waals surface area (Å²) in [6.07, 6.45) is 3.11. The Labute approximate surface area is 68.4 Å². The van der Waals surface area contributed by atoms with Crippen LogP contribution < -0.4 is 11.3 Å². The van der Waals surface area contributed by atoms with Crippen LogP contribution in [0.4, 0.5) is 5.82 Å². The van der Waals surface area contributed by atoms with Crippen LogP contribution in [0.3, 0.4) is 0 Å². The molecular weight excluding hydrogens is 156 g/mol. The van der Waals surface area contributed by atoms with Gasteiger partial charge in [0.1, 0.15) is 6.33 Å². The smallest absolute Gasteiger partial charge is 0.171 e. The highest BCUT2D eigenvalue weighted by molar-refractivity contribution is 5.82. The number of nitrogens with two attached hydrogens (primary N) is 1. The van der Waals surface area contributed by atoms with Gasteiger partial charge in [0.15, 0.2) is 17.0 Å². The van der Waals surface area contributed by atoms with Crippen molar-refractivity contribution in [2.75, 3.05) is 5.43 Å². The lowest BCUT2D eigenvalue weighted by atomic mass is 10.5. The first kappa shape index (κ1) is 6.99. The molecule has 0 unspecified atom stereocenters. The van der Waals surface area contributed by atoms with Crippen LogP contribution in [0, 0.1) is 0 Å². The lowest BCUT2D eigenvalue weighted by molar-refractivity contribution is 0.928. The number of aromatic nitrogens is 4. The largest absolute Gasteiger partial charge is 0.318 e. The van der Waals surface area contributed by atoms with Crippen molar-refractivity contribution in [1.29, 1.82) is 0 Å². The van der Waals surface area contributed by atoms with Gasteiger partial charge in [-0.3, -0.25) is 0 Å². The molecule has 62 valence electrons. The van der Waals surface area contributed by atoms with E-state index in [-0.39, 0.29) is 0 Å². The van der Waals surface area contributed by atoms with Crippen LogP contribution in [0.1, 0.15) is 0 Å². The van der Waals surface area contributed by atoms with Gasteiger partial charge in [-0.05, 0) is 0 Å². The first-order chi connectivity index (χ1) is 5.83. The Balaban J connectivity index is 2.81. The molecule has 0 radical (unpaired) electrons. The first-order valence-corrected chi connectivity index (χ1v) is 3.41. The molecule has 6 nitrogen and oxygen atoms in total. The van der Waals surface area contributed by atoms with Gasteiger partial charge >= 0.3 is 0 Å². The number of nitrogens with one attached hydrogen (secondary N) is 1. The highest BCUT2D eigenvalue weighted by Gasteiger charge is 2.05. The van der Waals surface area contributed by atoms with Crippen LogP contribution in [0.5, 0.6) is 0 Å². The predicted molar refractivity (Wildman–Crippen MR) is 44.1 cm³/mol. The molecule has 2 heterocycles. The molecule has 0 aliphatic heterocycles. The standard InChI is InChI=1S/C6H8N6/c1-12-3-10-4-5(11-7)8-2-9-6(4)12/h2-3H,7H2,1H3,(H,8,9,11). The summed E-state index contributed by atoms with van der Waals surface area (Å²) in [6, 6.07) is 0. The maximum Gasteiger partial charge on any atom is 0.171 e. The number of hydrogen-bond donors (Lipinski definition) is 2. The minimum atomic E-state index is 0.542. The number of hydrazine groups is 1. The second-order valence-electron chi connectivity index (χ2n) is 2.39. The lowest BCUT2D eigenvalue weighted by Crippen LogP contribution is -2.09. The summed E-state index contributed by atoms with van der Waals surface area (Å²) < 4.78 is 1.80. The summed E-state index contributed by atoms with van der Waals surface area (Å²) in [5.41, 5.74) is 3.90. The van der Waals surface area contributed by atoms with Gasteiger partial charge in [0.2, 0.25) is 0 Å². The molecule has 12 heavy (non-hydrogen) atoms. The predicted octanol–water partition coefficient (Wildman–Crippen LogP) is -0.351. The summed E-state index contributed by atoms with van der Waals surface area (Å²) in [7, 11) is 1.86. The monoisotopic (exact) mass is 164 g/mol. The summed E-state index contributed by atoms with van der Waals surface area (Å²) >= 11 is 0. The molecule has 0 fully saturated rings. The van der Waals surface area contributed by atoms with Gasteiger partial charge < -0.3 is 9.99 Å². The van der Waals surface area contributed by atoms with Crippen LogP contribution >= 0.6 is 0 Å². The van der Waals surface area contributed by atoms with Crippen molar-refractivity contribution in [2.45, 2.75) is 0 Å². The third-order valence-corrected chi connectivity index (χ3v) is 1.63. The number of hydrogen-bond acceptors (Lipinski definition) is 5. The van der Waals surface area contributed by atoms with Gasteiger partial charge in [-0.1, -0.05) is 0 Å². The Kier molecular flexibility index (Phi) is 1.41. The molecule has 2 aromatic heterocycles. The fraction of sp³-hybridized carbons (Fsp3) is 0.167. The molecule has 0 aromatic carbocycles. The average molecular weight is 164 g/mol. The van der Waals surface area contributed by atoms with Crippen LogP contribution in [-0.4, -0.2) is 19.5 Å². The molecule has 2 rings (SSSR count). The summed E-state index contributed by atoms with van der Waals surface area (Å²) in [4.78, 5) is 12.0. The quantitative estimate of drug-likeness (QED) is 0.444. The molecule has 0 amide bonds. The van der Waals surface area contributed by atoms with E-state index < -0.39 is 0 Å². The SMILES string of the molecule is Cn1cnc2c(NN)ncnc21. The Morgan fingerprint density at radius 3 is 3.00 bits per heavy atom. The van der Waals surface area contributed by atoms with E-state index in [1.807, 2.05) is 7.05 Å². The van der Waals surface area contributed by atoms with E-state index >= 15 is 0 Å². The molecule has 0 bridgehead atoms. The van der Waals surface area contributed by atoms with Crippen molar-refractivity contribution in [2.24, 2.45) is 12.9 Å². The van der Waals surface area contributed by atoms with Gasteiger partial charge in [-0.25, -0.2) is 20.8 Å². The van der Waals surface area contributed by atoms with E-state index in [4.69, 9.17) is 5.84 Å². The number of anilines is 1. The van der Waals surface area contributed by atoms with Crippen LogP contribution in [-0.2, 0) is 7.05 Å². The zero-order valence-corrected chi connectivity index (χ0v) is 6.52. The summed E-state index contributed by atoms with van der Waals surface area (Å²) in [6.45, 7) is 0. The minimum Gasteiger partial charge on any atom is -0.318 e. The van der Waals surface area contributed by atoms with E-state index in [9.17, 15) is 0 Å². The normalized spacial score (nSPS) is 10.5. The Bertz CT molecular complexity index is 405. The third kappa shape index (κ3) is 0.817. The fourth-order valence-electron chi connectivity index (χ4n) is 1.05. The van der Waals surface area contributed by atoms with Crippen LogP contribution in [0.2, 0.25) is 0 Å². The zero-order chi connectivity index (χ0) is 8.55. The first-order valence-electron chi connectivity index (χ1n) is 3.41. The van der Waals surface area contributed by atoms with E-state index in [0.29, 0.717) is 11.3 Å². The van der Waals surface area contributed by atoms with Crippen LogP contribution in [0.25, 0.3) is 11.2 Å². The average Bonchev–Trinajstić information content (AvgIpc) is 2.48. The second-order valence-corrected chi connectivity index (χ2v) is 2.39. The van der Waals surface area contributed by atoms with E-state index in [2.05, 4.69) is 20.4 Å². The molecule has 6 heteroatoms. The molecule has 3 N–H and O–H groups in total. The lowest BCUT2D eigenvalue weighted by Gasteiger charge is -1.97. The molecule has 0 saturated carbocycles. The van der Waals surface area contributed by atoms with Crippen LogP contribution in [0.15, 0.2) is 12.7 Å². The maximum atomic E-state index is 5.24. The zero-order valence-electron chi connectivity index (χ0n) is 6.52. The Morgan fingerprint density at radius 2 is 2.25 bits per heavy atom. The molecule has 0 atom stereocenters. The van der Waals surface area contributed by atoms with E-state index in [0.717, 1.165) is 5.65 Å². The molecule has 0 spiro atoms. The minimum absolute atomic E-state index is 0.542. The topological polar surface area (TPSA) is 81.7 Å². The Morgan fingerprint density at radius 1 is 1.42 bits per heavy atom. The summed E-state index contributed by atoms with van der Waals surface area (Å²) in [5, 5.41) is 0. The third-order valence-electron chi connectivity index (χ3n) is 1.63. The molecule has 0 saturated heterocycles. The summed E-state index contributed by atoms with van der Waals surface area (Å²) in [5.74, 6) is 5.78. The van der Waals surface area contributed by atoms with Crippen molar-refractivity contribution >= 4 is 17.0 Å². The highest BCUT2D eigenvalue weighted by Crippen LogP contribution is 2.14. The van der Waals surface area contributed by atoms with Crippen molar-refractivity contribution in [1.82, 2.24) is 19.5 Å². The van der Waals surface area contributed by atoms with Gasteiger partial charge in [-0.15, -0.1) is 0 Å². The molecule has 2 aromatic rings. The number of fused-ring (bicyclic) bond motifs is 1. The number of aryl methyl sites for hydroxylation is 1. The highest BCUT2D eigenvalue weighted by atomic mass is 15.3. The van der Waals surface area contributed by atoms with Crippen molar-refractivity contribution in [3.8, 4) is 0 Å². The second kappa shape index (κ2) is 2.42. The molecule has 0 aliphatic carbocycles. The van der Waals surface area contributed by atoms with Crippen molar-refractivity contribution < 1.29 is 0 Å². The van der Waals surface area contributed by atoms with Gasteiger partial charge in [0.25, 0.3) is 0 Å². The van der Waals surface area contributed by atoms with E-state index in [1.165, 1.54) is 6.33 Å². The van der Waals surface area contributed by atoms with Crippen molar-refractivity contribution in [3.05, 3.63) is 12.7 Å². The number of nitrogen functional groups attached to an aromatic ring is 1. The Hall–Kier alpha value is -1.69. The number of rotatable bonds is 1. The maximum absolute atomic E-state index is 5.24. The fourth-order valence-corrected chi connectivity index (χ4v) is 1.05. The van der Waals surface area contributed by atoms with Gasteiger partial charge in [0, 0.05) is 7.05 Å². The molecular formula is C6H8N6. The number of imidazole rings is 1. The van der Waals surface area contributed by atoms with Crippen molar-refractivity contribution in [3.63, 3.8) is 0 Å². The van der Waals surface area contributed by atoms with Gasteiger partial charge in [0.05, 0.1) is 6.33 Å².